The van der Waals surface area contributed by atoms with Gasteiger partial charge in [0.05, 0.1) is 18.3 Å². The minimum Gasteiger partial charge on any atom is -0.493 e. The van der Waals surface area contributed by atoms with Gasteiger partial charge in [-0.05, 0) is 76.4 Å². The lowest BCUT2D eigenvalue weighted by molar-refractivity contribution is 0.0159. The molecule has 3 aromatic rings. The molecule has 0 N–H and O–H groups in total. The third-order valence-electron chi connectivity index (χ3n) is 5.81. The van der Waals surface area contributed by atoms with E-state index in [1.54, 1.807) is 4.90 Å². The molecule has 1 aliphatic heterocycles. The summed E-state index contributed by atoms with van der Waals surface area (Å²) in [6, 6.07) is 16.0. The number of amides is 1. The number of carbonyl (C=O) groups is 1. The predicted octanol–water partition coefficient (Wildman–Crippen LogP) is 6.13. The number of carbonyl (C=O) groups excluding carboxylic acids is 1. The maximum Gasteiger partial charge on any atom is 0.410 e. The van der Waals surface area contributed by atoms with Crippen LogP contribution in [0.15, 0.2) is 52.9 Å². The van der Waals surface area contributed by atoms with Gasteiger partial charge >= 0.3 is 6.09 Å². The summed E-state index contributed by atoms with van der Waals surface area (Å²) in [6.45, 7) is 10.8. The second kappa shape index (κ2) is 9.30. The van der Waals surface area contributed by atoms with Crippen molar-refractivity contribution in [2.24, 2.45) is 0 Å². The number of hydrogen-bond donors (Lipinski definition) is 0. The minimum absolute atomic E-state index is 0.0710. The zero-order valence-corrected chi connectivity index (χ0v) is 20.1. The second-order valence-electron chi connectivity index (χ2n) is 9.45. The molecule has 2 heterocycles. The van der Waals surface area contributed by atoms with Crippen LogP contribution in [0.5, 0.6) is 5.75 Å². The highest BCUT2D eigenvalue weighted by Gasteiger charge is 2.31. The zero-order chi connectivity index (χ0) is 23.6. The van der Waals surface area contributed by atoms with Crippen molar-refractivity contribution < 1.29 is 18.7 Å². The Bertz CT molecular complexity index is 1110. The maximum absolute atomic E-state index is 12.6. The van der Waals surface area contributed by atoms with Gasteiger partial charge in [0.15, 0.2) is 0 Å². The average Bonchev–Trinajstić information content (AvgIpc) is 3.14. The van der Waals surface area contributed by atoms with Gasteiger partial charge in [-0.3, -0.25) is 0 Å². The molecule has 1 amide bonds. The van der Waals surface area contributed by atoms with Crippen LogP contribution in [-0.2, 0) is 17.6 Å². The molecular weight excluding hydrogens is 416 g/mol. The van der Waals surface area contributed by atoms with E-state index in [-0.39, 0.29) is 12.1 Å². The molecule has 4 rings (SSSR count). The van der Waals surface area contributed by atoms with Crippen LogP contribution in [0.2, 0.25) is 0 Å². The van der Waals surface area contributed by atoms with Gasteiger partial charge in [-0.15, -0.1) is 0 Å². The molecule has 0 aliphatic carbocycles. The van der Waals surface area contributed by atoms with Crippen molar-refractivity contribution in [3.05, 3.63) is 71.1 Å². The Morgan fingerprint density at radius 1 is 1.18 bits per heavy atom. The highest BCUT2D eigenvalue weighted by atomic mass is 16.6. The van der Waals surface area contributed by atoms with Crippen LogP contribution in [-0.4, -0.2) is 34.7 Å². The van der Waals surface area contributed by atoms with E-state index in [9.17, 15) is 4.79 Å². The van der Waals surface area contributed by atoms with E-state index in [0.29, 0.717) is 25.5 Å². The van der Waals surface area contributed by atoms with Crippen molar-refractivity contribution in [2.75, 3.05) is 13.2 Å². The third kappa shape index (κ3) is 5.38. The van der Waals surface area contributed by atoms with Crippen LogP contribution in [0.4, 0.5) is 4.79 Å². The summed E-state index contributed by atoms with van der Waals surface area (Å²) in [5.74, 6) is 2.23. The van der Waals surface area contributed by atoms with Gasteiger partial charge in [0.1, 0.15) is 17.1 Å². The normalized spacial score (nSPS) is 15.8. The molecule has 0 saturated heterocycles. The predicted molar refractivity (Wildman–Crippen MR) is 127 cm³/mol. The number of benzene rings is 2. The zero-order valence-electron chi connectivity index (χ0n) is 20.1. The summed E-state index contributed by atoms with van der Waals surface area (Å²) in [4.78, 5) is 19.1. The highest BCUT2D eigenvalue weighted by Crippen LogP contribution is 2.33. The Morgan fingerprint density at radius 2 is 1.94 bits per heavy atom. The number of fused-ring (bicyclic) bond motifs is 1. The molecule has 33 heavy (non-hydrogen) atoms. The minimum atomic E-state index is -0.512. The molecule has 0 saturated carbocycles. The topological polar surface area (TPSA) is 64.8 Å². The molecule has 1 aliphatic rings. The molecular formula is C27H32N2O4. The first-order valence-corrected chi connectivity index (χ1v) is 11.5. The van der Waals surface area contributed by atoms with E-state index in [1.165, 1.54) is 5.56 Å². The van der Waals surface area contributed by atoms with E-state index >= 15 is 0 Å². The Labute approximate surface area is 195 Å². The number of aryl methyl sites for hydroxylation is 1. The van der Waals surface area contributed by atoms with Crippen LogP contribution >= 0.6 is 0 Å². The summed E-state index contributed by atoms with van der Waals surface area (Å²) >= 11 is 0. The average molecular weight is 449 g/mol. The van der Waals surface area contributed by atoms with Gasteiger partial charge in [-0.1, -0.05) is 24.3 Å². The Hall–Kier alpha value is -3.28. The van der Waals surface area contributed by atoms with Crippen molar-refractivity contribution in [3.63, 3.8) is 0 Å². The summed E-state index contributed by atoms with van der Waals surface area (Å²) in [6.07, 6.45) is 1.18. The Kier molecular flexibility index (Phi) is 6.45. The first-order chi connectivity index (χ1) is 15.7. The molecule has 1 aromatic heterocycles. The van der Waals surface area contributed by atoms with Gasteiger partial charge in [-0.25, -0.2) is 9.78 Å². The van der Waals surface area contributed by atoms with Gasteiger partial charge < -0.3 is 18.8 Å². The monoisotopic (exact) mass is 448 g/mol. The summed E-state index contributed by atoms with van der Waals surface area (Å²) in [7, 11) is 0. The smallest absolute Gasteiger partial charge is 0.410 e. The van der Waals surface area contributed by atoms with Crippen molar-refractivity contribution in [1.82, 2.24) is 9.88 Å². The number of rotatable bonds is 5. The molecule has 0 bridgehead atoms. The largest absolute Gasteiger partial charge is 0.493 e. The fraction of sp³-hybridized carbons (Fsp3) is 0.407. The highest BCUT2D eigenvalue weighted by molar-refractivity contribution is 5.69. The quantitative estimate of drug-likeness (QED) is 0.470. The molecule has 1 unspecified atom stereocenters. The second-order valence-corrected chi connectivity index (χ2v) is 9.45. The van der Waals surface area contributed by atoms with Gasteiger partial charge in [-0.2, -0.15) is 0 Å². The Morgan fingerprint density at radius 3 is 2.67 bits per heavy atom. The summed E-state index contributed by atoms with van der Waals surface area (Å²) in [5.41, 5.74) is 3.70. The molecule has 0 radical (unpaired) electrons. The van der Waals surface area contributed by atoms with Crippen molar-refractivity contribution in [3.8, 4) is 17.2 Å². The number of ether oxygens (including phenoxy) is 2. The van der Waals surface area contributed by atoms with Crippen LogP contribution < -0.4 is 4.74 Å². The van der Waals surface area contributed by atoms with E-state index in [2.05, 4.69) is 11.1 Å². The fourth-order valence-corrected chi connectivity index (χ4v) is 4.08. The number of hydrogen-bond acceptors (Lipinski definition) is 5. The molecule has 2 aromatic carbocycles. The van der Waals surface area contributed by atoms with Crippen LogP contribution in [0.3, 0.4) is 0 Å². The molecule has 0 fully saturated rings. The number of oxazole rings is 1. The SMILES string of the molecule is Cc1oc(-c2ccccc2)nc1CCOc1ccc2c(c1)C(C)N(C(=O)OC(C)(C)C)CC2. The van der Waals surface area contributed by atoms with Gasteiger partial charge in [0.25, 0.3) is 0 Å². The fourth-order valence-electron chi connectivity index (χ4n) is 4.08. The molecule has 6 heteroatoms. The van der Waals surface area contributed by atoms with E-state index < -0.39 is 5.60 Å². The lowest BCUT2D eigenvalue weighted by Crippen LogP contribution is -2.42. The first kappa shape index (κ1) is 22.9. The van der Waals surface area contributed by atoms with Crippen molar-refractivity contribution in [1.29, 1.82) is 0 Å². The van der Waals surface area contributed by atoms with Gasteiger partial charge in [0, 0.05) is 18.5 Å². The Balaban J connectivity index is 1.40. The van der Waals surface area contributed by atoms with Gasteiger partial charge in [0.2, 0.25) is 5.89 Å². The summed E-state index contributed by atoms with van der Waals surface area (Å²) in [5, 5.41) is 0. The van der Waals surface area contributed by atoms with Crippen molar-refractivity contribution in [2.45, 2.75) is 59.1 Å². The number of aromatic nitrogens is 1. The molecule has 0 spiro atoms. The van der Waals surface area contributed by atoms with E-state index in [0.717, 1.165) is 34.8 Å². The van der Waals surface area contributed by atoms with E-state index in [1.807, 2.05) is 77.1 Å². The van der Waals surface area contributed by atoms with Crippen LogP contribution in [0.25, 0.3) is 11.5 Å². The lowest BCUT2D eigenvalue weighted by Gasteiger charge is -2.36. The molecule has 1 atom stereocenters. The molecule has 6 nitrogen and oxygen atoms in total. The third-order valence-corrected chi connectivity index (χ3v) is 5.81. The van der Waals surface area contributed by atoms with Crippen LogP contribution in [0.1, 0.15) is 56.3 Å². The first-order valence-electron chi connectivity index (χ1n) is 11.5. The summed E-state index contributed by atoms with van der Waals surface area (Å²) < 4.78 is 17.5. The maximum atomic E-state index is 12.6. The van der Waals surface area contributed by atoms with E-state index in [4.69, 9.17) is 13.9 Å². The number of nitrogens with zero attached hydrogens (tertiary/aromatic N) is 2. The van der Waals surface area contributed by atoms with Crippen LogP contribution in [0, 0.1) is 6.92 Å². The van der Waals surface area contributed by atoms with Crippen molar-refractivity contribution >= 4 is 6.09 Å². The lowest BCUT2D eigenvalue weighted by atomic mass is 9.93. The molecule has 174 valence electrons. The standard InChI is InChI=1S/C27H32N2O4/c1-18-23-17-22(12-11-20(23)13-15-29(18)26(30)33-27(3,4)5)31-16-14-24-19(2)32-25(28-24)21-9-7-6-8-10-21/h6-12,17-18H,13-16H2,1-5H3.